The van der Waals surface area contributed by atoms with E-state index in [1.807, 2.05) is 26.1 Å². The summed E-state index contributed by atoms with van der Waals surface area (Å²) in [6.07, 6.45) is 0.639. The Morgan fingerprint density at radius 2 is 2.15 bits per heavy atom. The molecule has 2 rings (SSSR count). The van der Waals surface area contributed by atoms with Crippen molar-refractivity contribution in [1.29, 1.82) is 0 Å². The lowest BCUT2D eigenvalue weighted by Crippen LogP contribution is -2.30. The third-order valence-electron chi connectivity index (χ3n) is 3.64. The highest BCUT2D eigenvalue weighted by molar-refractivity contribution is 7.91. The average Bonchev–Trinajstić information content (AvgIpc) is 2.75. The second kappa shape index (κ2) is 5.83. The van der Waals surface area contributed by atoms with Crippen LogP contribution in [0.3, 0.4) is 0 Å². The number of carbonyl (C=O) groups excluding carboxylic acids is 1. The van der Waals surface area contributed by atoms with Crippen LogP contribution in [-0.2, 0) is 9.84 Å². The van der Waals surface area contributed by atoms with E-state index < -0.39 is 9.84 Å². The third-order valence-corrected chi connectivity index (χ3v) is 5.47. The minimum Gasteiger partial charge on any atom is -0.388 e. The van der Waals surface area contributed by atoms with Crippen molar-refractivity contribution in [1.82, 2.24) is 5.32 Å². The normalized spacial score (nSPS) is 20.6. The van der Waals surface area contributed by atoms with Crippen LogP contribution >= 0.6 is 0 Å². The molecule has 1 saturated heterocycles. The van der Waals surface area contributed by atoms with Crippen molar-refractivity contribution in [3.8, 4) is 0 Å². The fourth-order valence-electron chi connectivity index (χ4n) is 2.44. The Kier molecular flexibility index (Phi) is 4.32. The van der Waals surface area contributed by atoms with Crippen molar-refractivity contribution in [2.24, 2.45) is 5.92 Å². The molecule has 110 valence electrons. The molecule has 5 nitrogen and oxygen atoms in total. The van der Waals surface area contributed by atoms with Gasteiger partial charge in [-0.1, -0.05) is 0 Å². The summed E-state index contributed by atoms with van der Waals surface area (Å²) in [6.45, 7) is 2.31. The highest BCUT2D eigenvalue weighted by atomic mass is 32.2. The molecule has 20 heavy (non-hydrogen) atoms. The van der Waals surface area contributed by atoms with Crippen LogP contribution in [0.5, 0.6) is 0 Å². The molecule has 0 radical (unpaired) electrons. The molecule has 2 N–H and O–H groups in total. The monoisotopic (exact) mass is 296 g/mol. The van der Waals surface area contributed by atoms with Crippen molar-refractivity contribution in [3.05, 3.63) is 29.3 Å². The molecule has 1 aromatic rings. The van der Waals surface area contributed by atoms with Crippen LogP contribution in [0.15, 0.2) is 18.2 Å². The minimum absolute atomic E-state index is 0.0424. The van der Waals surface area contributed by atoms with Gasteiger partial charge in [0.25, 0.3) is 5.91 Å². The lowest BCUT2D eigenvalue weighted by Gasteiger charge is -2.12. The molecule has 6 heteroatoms. The largest absolute Gasteiger partial charge is 0.388 e. The number of carbonyl (C=O) groups is 1. The lowest BCUT2D eigenvalue weighted by molar-refractivity contribution is 0.0948. The van der Waals surface area contributed by atoms with Gasteiger partial charge in [0.1, 0.15) is 0 Å². The van der Waals surface area contributed by atoms with Crippen molar-refractivity contribution in [2.75, 3.05) is 30.4 Å². The van der Waals surface area contributed by atoms with Crippen molar-refractivity contribution in [2.45, 2.75) is 13.3 Å². The van der Waals surface area contributed by atoms with Crippen LogP contribution in [0.2, 0.25) is 0 Å². The number of sulfone groups is 1. The Bertz CT molecular complexity index is 611. The first-order chi connectivity index (χ1) is 9.41. The van der Waals surface area contributed by atoms with Crippen LogP contribution in [-0.4, -0.2) is 39.4 Å². The van der Waals surface area contributed by atoms with E-state index in [1.54, 1.807) is 6.07 Å². The van der Waals surface area contributed by atoms with Crippen LogP contribution in [0.1, 0.15) is 22.3 Å². The maximum Gasteiger partial charge on any atom is 0.251 e. The highest BCUT2D eigenvalue weighted by Crippen LogP contribution is 2.18. The zero-order chi connectivity index (χ0) is 14.8. The van der Waals surface area contributed by atoms with Gasteiger partial charge in [0, 0.05) is 24.8 Å². The van der Waals surface area contributed by atoms with Gasteiger partial charge in [-0.25, -0.2) is 8.42 Å². The highest BCUT2D eigenvalue weighted by Gasteiger charge is 2.28. The molecular weight excluding hydrogens is 276 g/mol. The van der Waals surface area contributed by atoms with Crippen LogP contribution in [0, 0.1) is 12.8 Å². The molecule has 1 aromatic carbocycles. The minimum atomic E-state index is -2.88. The lowest BCUT2D eigenvalue weighted by atomic mass is 10.1. The SMILES string of the molecule is CNc1ccc(C(=O)NCC2CCS(=O)(=O)C2)c(C)c1. The van der Waals surface area contributed by atoms with Crippen LogP contribution in [0.25, 0.3) is 0 Å². The van der Waals surface area contributed by atoms with E-state index in [2.05, 4.69) is 10.6 Å². The Morgan fingerprint density at radius 3 is 2.70 bits per heavy atom. The van der Waals surface area contributed by atoms with E-state index in [9.17, 15) is 13.2 Å². The number of nitrogens with one attached hydrogen (secondary N) is 2. The molecule has 0 aliphatic carbocycles. The number of rotatable bonds is 4. The standard InChI is InChI=1S/C14H20N2O3S/c1-10-7-12(15-2)3-4-13(10)14(17)16-8-11-5-6-20(18,19)9-11/h3-4,7,11,15H,5-6,8-9H2,1-2H3,(H,16,17). The molecule has 0 bridgehead atoms. The predicted octanol–water partition coefficient (Wildman–Crippen LogP) is 1.20. The summed E-state index contributed by atoms with van der Waals surface area (Å²) < 4.78 is 22.7. The first-order valence-corrected chi connectivity index (χ1v) is 8.50. The maximum absolute atomic E-state index is 12.1. The van der Waals surface area contributed by atoms with E-state index in [4.69, 9.17) is 0 Å². The van der Waals surface area contributed by atoms with E-state index in [1.165, 1.54) is 0 Å². The summed E-state index contributed by atoms with van der Waals surface area (Å²) in [5.41, 5.74) is 2.49. The molecule has 1 unspecified atom stereocenters. The summed E-state index contributed by atoms with van der Waals surface area (Å²) in [4.78, 5) is 12.1. The van der Waals surface area contributed by atoms with Crippen molar-refractivity contribution < 1.29 is 13.2 Å². The van der Waals surface area contributed by atoms with Crippen LogP contribution in [0.4, 0.5) is 5.69 Å². The zero-order valence-corrected chi connectivity index (χ0v) is 12.6. The summed E-state index contributed by atoms with van der Waals surface area (Å²) in [6, 6.07) is 5.54. The molecule has 0 spiro atoms. The van der Waals surface area contributed by atoms with Gasteiger partial charge in [-0.05, 0) is 43.0 Å². The topological polar surface area (TPSA) is 75.3 Å². The van der Waals surface area contributed by atoms with E-state index in [-0.39, 0.29) is 23.3 Å². The van der Waals surface area contributed by atoms with Gasteiger partial charge in [0.15, 0.2) is 9.84 Å². The summed E-state index contributed by atoms with van der Waals surface area (Å²) in [5.74, 6) is 0.323. The van der Waals surface area contributed by atoms with Gasteiger partial charge in [-0.2, -0.15) is 0 Å². The van der Waals surface area contributed by atoms with Crippen molar-refractivity contribution >= 4 is 21.4 Å². The van der Waals surface area contributed by atoms with E-state index >= 15 is 0 Å². The molecular formula is C14H20N2O3S. The zero-order valence-electron chi connectivity index (χ0n) is 11.8. The molecule has 1 amide bonds. The molecule has 1 fully saturated rings. The summed E-state index contributed by atoms with van der Waals surface area (Å²) >= 11 is 0. The fraction of sp³-hybridized carbons (Fsp3) is 0.500. The third kappa shape index (κ3) is 3.50. The van der Waals surface area contributed by atoms with Gasteiger partial charge < -0.3 is 10.6 Å². The Hall–Kier alpha value is -1.56. The summed E-state index contributed by atoms with van der Waals surface area (Å²) in [7, 11) is -1.06. The summed E-state index contributed by atoms with van der Waals surface area (Å²) in [5, 5.41) is 5.85. The van der Waals surface area contributed by atoms with E-state index in [0.29, 0.717) is 18.5 Å². The molecule has 1 aliphatic heterocycles. The van der Waals surface area contributed by atoms with E-state index in [0.717, 1.165) is 11.3 Å². The van der Waals surface area contributed by atoms with Gasteiger partial charge in [0.05, 0.1) is 11.5 Å². The first kappa shape index (κ1) is 14.8. The smallest absolute Gasteiger partial charge is 0.251 e. The van der Waals surface area contributed by atoms with Gasteiger partial charge >= 0.3 is 0 Å². The Morgan fingerprint density at radius 1 is 1.40 bits per heavy atom. The predicted molar refractivity (Wildman–Crippen MR) is 79.8 cm³/mol. The number of anilines is 1. The second-order valence-corrected chi connectivity index (χ2v) is 7.49. The van der Waals surface area contributed by atoms with Crippen LogP contribution < -0.4 is 10.6 Å². The molecule has 1 heterocycles. The maximum atomic E-state index is 12.1. The van der Waals surface area contributed by atoms with Crippen molar-refractivity contribution in [3.63, 3.8) is 0 Å². The number of amides is 1. The fourth-order valence-corrected chi connectivity index (χ4v) is 4.30. The molecule has 0 saturated carbocycles. The first-order valence-electron chi connectivity index (χ1n) is 6.68. The Labute approximate surface area is 119 Å². The number of benzene rings is 1. The van der Waals surface area contributed by atoms with Gasteiger partial charge in [-0.15, -0.1) is 0 Å². The second-order valence-electron chi connectivity index (χ2n) is 5.26. The quantitative estimate of drug-likeness (QED) is 0.875. The van der Waals surface area contributed by atoms with Gasteiger partial charge in [-0.3, -0.25) is 4.79 Å². The number of hydrogen-bond acceptors (Lipinski definition) is 4. The number of hydrogen-bond donors (Lipinski definition) is 2. The molecule has 1 atom stereocenters. The molecule has 0 aromatic heterocycles. The van der Waals surface area contributed by atoms with Gasteiger partial charge in [0.2, 0.25) is 0 Å². The molecule has 1 aliphatic rings. The average molecular weight is 296 g/mol. The number of aryl methyl sites for hydroxylation is 1. The Balaban J connectivity index is 1.95.